The van der Waals surface area contributed by atoms with Gasteiger partial charge in [-0.3, -0.25) is 4.79 Å². The number of nitrogens with one attached hydrogen (secondary N) is 1. The molecule has 1 amide bonds. The summed E-state index contributed by atoms with van der Waals surface area (Å²) < 4.78 is 10.4. The van der Waals surface area contributed by atoms with Crippen molar-refractivity contribution in [2.24, 2.45) is 0 Å². The van der Waals surface area contributed by atoms with E-state index in [1.54, 1.807) is 12.3 Å². The Morgan fingerprint density at radius 1 is 1.43 bits per heavy atom. The number of carbonyl (C=O) groups is 2. The SMILES string of the molecule is CC(C)(C)OC(=O)C=Cc1cnc2c(c1)COCC(=O)N2. The molecule has 1 aromatic heterocycles. The Balaban J connectivity index is 2.10. The van der Waals surface area contributed by atoms with E-state index in [1.165, 1.54) is 6.08 Å². The molecule has 1 aromatic rings. The van der Waals surface area contributed by atoms with Crippen molar-refractivity contribution in [3.05, 3.63) is 29.5 Å². The molecule has 0 unspecified atom stereocenters. The number of ether oxygens (including phenoxy) is 2. The van der Waals surface area contributed by atoms with Gasteiger partial charge in [-0.25, -0.2) is 9.78 Å². The molecule has 0 atom stereocenters. The molecular formula is C15H18N2O4. The molecule has 1 aliphatic rings. The molecule has 1 N–H and O–H groups in total. The lowest BCUT2D eigenvalue weighted by Gasteiger charge is -2.17. The molecule has 0 fully saturated rings. The van der Waals surface area contributed by atoms with Gasteiger partial charge in [-0.2, -0.15) is 0 Å². The van der Waals surface area contributed by atoms with Crippen LogP contribution in [0.15, 0.2) is 18.3 Å². The fourth-order valence-electron chi connectivity index (χ4n) is 1.76. The molecule has 0 aromatic carbocycles. The van der Waals surface area contributed by atoms with Crippen LogP contribution in [0.4, 0.5) is 5.82 Å². The van der Waals surface area contributed by atoms with Crippen molar-refractivity contribution < 1.29 is 19.1 Å². The van der Waals surface area contributed by atoms with E-state index in [0.717, 1.165) is 11.1 Å². The van der Waals surface area contributed by atoms with E-state index >= 15 is 0 Å². The molecule has 21 heavy (non-hydrogen) atoms. The van der Waals surface area contributed by atoms with Crippen LogP contribution in [0.3, 0.4) is 0 Å². The zero-order chi connectivity index (χ0) is 15.5. The molecule has 2 heterocycles. The first kappa shape index (κ1) is 15.2. The number of nitrogens with zero attached hydrogens (tertiary/aromatic N) is 1. The second kappa shape index (κ2) is 6.05. The van der Waals surface area contributed by atoms with E-state index in [1.807, 2.05) is 26.8 Å². The summed E-state index contributed by atoms with van der Waals surface area (Å²) in [5, 5.41) is 2.65. The van der Waals surface area contributed by atoms with Crippen molar-refractivity contribution in [3.8, 4) is 0 Å². The van der Waals surface area contributed by atoms with Gasteiger partial charge in [0.05, 0.1) is 6.61 Å². The zero-order valence-electron chi connectivity index (χ0n) is 12.3. The van der Waals surface area contributed by atoms with Crippen molar-refractivity contribution in [1.82, 2.24) is 4.98 Å². The molecule has 2 rings (SSSR count). The van der Waals surface area contributed by atoms with Crippen LogP contribution in [0.5, 0.6) is 0 Å². The van der Waals surface area contributed by atoms with Crippen molar-refractivity contribution in [2.45, 2.75) is 33.0 Å². The van der Waals surface area contributed by atoms with Crippen molar-refractivity contribution in [2.75, 3.05) is 11.9 Å². The third kappa shape index (κ3) is 4.68. The largest absolute Gasteiger partial charge is 0.457 e. The lowest BCUT2D eigenvalue weighted by Crippen LogP contribution is -2.22. The van der Waals surface area contributed by atoms with Crippen LogP contribution in [0.1, 0.15) is 31.9 Å². The van der Waals surface area contributed by atoms with Gasteiger partial charge in [0.2, 0.25) is 0 Å². The lowest BCUT2D eigenvalue weighted by molar-refractivity contribution is -0.148. The fourth-order valence-corrected chi connectivity index (χ4v) is 1.76. The van der Waals surface area contributed by atoms with E-state index < -0.39 is 11.6 Å². The van der Waals surface area contributed by atoms with Crippen LogP contribution < -0.4 is 5.32 Å². The number of carbonyl (C=O) groups excluding carboxylic acids is 2. The number of rotatable bonds is 2. The first-order valence-electron chi connectivity index (χ1n) is 6.61. The maximum absolute atomic E-state index is 11.6. The molecule has 0 spiro atoms. The summed E-state index contributed by atoms with van der Waals surface area (Å²) in [6.07, 6.45) is 4.55. The minimum Gasteiger partial charge on any atom is -0.457 e. The number of esters is 1. The number of fused-ring (bicyclic) bond motifs is 1. The predicted octanol–water partition coefficient (Wildman–Crippen LogP) is 1.91. The summed E-state index contributed by atoms with van der Waals surface area (Å²) >= 11 is 0. The Labute approximate surface area is 123 Å². The lowest BCUT2D eigenvalue weighted by atomic mass is 10.1. The highest BCUT2D eigenvalue weighted by atomic mass is 16.6. The van der Waals surface area contributed by atoms with Gasteiger partial charge in [-0.15, -0.1) is 0 Å². The van der Waals surface area contributed by atoms with E-state index in [-0.39, 0.29) is 12.5 Å². The highest BCUT2D eigenvalue weighted by Gasteiger charge is 2.15. The average Bonchev–Trinajstić information content (AvgIpc) is 2.54. The van der Waals surface area contributed by atoms with E-state index in [9.17, 15) is 9.59 Å². The number of hydrogen-bond donors (Lipinski definition) is 1. The van der Waals surface area contributed by atoms with Gasteiger partial charge in [0.15, 0.2) is 0 Å². The van der Waals surface area contributed by atoms with E-state index in [4.69, 9.17) is 9.47 Å². The molecule has 112 valence electrons. The van der Waals surface area contributed by atoms with Crippen LogP contribution in [-0.4, -0.2) is 29.1 Å². The fraction of sp³-hybridized carbons (Fsp3) is 0.400. The topological polar surface area (TPSA) is 77.5 Å². The first-order chi connectivity index (χ1) is 9.83. The third-order valence-corrected chi connectivity index (χ3v) is 2.55. The van der Waals surface area contributed by atoms with Crippen molar-refractivity contribution in [3.63, 3.8) is 0 Å². The number of hydrogen-bond acceptors (Lipinski definition) is 5. The maximum Gasteiger partial charge on any atom is 0.331 e. The molecule has 1 aliphatic heterocycles. The van der Waals surface area contributed by atoms with Gasteiger partial charge in [0.1, 0.15) is 18.0 Å². The van der Waals surface area contributed by atoms with Gasteiger partial charge in [-0.05, 0) is 38.5 Å². The summed E-state index contributed by atoms with van der Waals surface area (Å²) in [4.78, 5) is 27.1. The summed E-state index contributed by atoms with van der Waals surface area (Å²) in [7, 11) is 0. The van der Waals surface area contributed by atoms with Crippen LogP contribution >= 0.6 is 0 Å². The monoisotopic (exact) mass is 290 g/mol. The first-order valence-corrected chi connectivity index (χ1v) is 6.61. The number of amides is 1. The quantitative estimate of drug-likeness (QED) is 0.665. The molecular weight excluding hydrogens is 272 g/mol. The Morgan fingerprint density at radius 2 is 2.19 bits per heavy atom. The molecule has 0 saturated heterocycles. The molecule has 0 bridgehead atoms. The molecule has 0 aliphatic carbocycles. The number of anilines is 1. The standard InChI is InChI=1S/C15H18N2O4/c1-15(2,3)21-13(19)5-4-10-6-11-8-20-9-12(18)17-14(11)16-7-10/h4-7H,8-9H2,1-3H3,(H,16,17,18). The van der Waals surface area contributed by atoms with Crippen LogP contribution in [0, 0.1) is 0 Å². The second-order valence-electron chi connectivity index (χ2n) is 5.68. The van der Waals surface area contributed by atoms with Crippen LogP contribution in [0.25, 0.3) is 6.08 Å². The summed E-state index contributed by atoms with van der Waals surface area (Å²) in [6.45, 7) is 5.74. The summed E-state index contributed by atoms with van der Waals surface area (Å²) in [5.41, 5.74) is 0.984. The Bertz CT molecular complexity index is 588. The minimum atomic E-state index is -0.522. The minimum absolute atomic E-state index is 0.0133. The maximum atomic E-state index is 11.6. The molecule has 0 radical (unpaired) electrons. The summed E-state index contributed by atoms with van der Waals surface area (Å²) in [5.74, 6) is -0.146. The Hall–Kier alpha value is -2.21. The van der Waals surface area contributed by atoms with Crippen LogP contribution in [0.2, 0.25) is 0 Å². The second-order valence-corrected chi connectivity index (χ2v) is 5.68. The van der Waals surface area contributed by atoms with Crippen LogP contribution in [-0.2, 0) is 25.7 Å². The number of pyridine rings is 1. The molecule has 6 heteroatoms. The highest BCUT2D eigenvalue weighted by Crippen LogP contribution is 2.18. The smallest absolute Gasteiger partial charge is 0.331 e. The van der Waals surface area contributed by atoms with Gasteiger partial charge < -0.3 is 14.8 Å². The number of aromatic nitrogens is 1. The van der Waals surface area contributed by atoms with Gasteiger partial charge in [0.25, 0.3) is 5.91 Å². The molecule has 6 nitrogen and oxygen atoms in total. The van der Waals surface area contributed by atoms with Crippen molar-refractivity contribution >= 4 is 23.8 Å². The van der Waals surface area contributed by atoms with Crippen molar-refractivity contribution in [1.29, 1.82) is 0 Å². The summed E-state index contributed by atoms with van der Waals surface area (Å²) in [6, 6.07) is 1.81. The van der Waals surface area contributed by atoms with Gasteiger partial charge >= 0.3 is 5.97 Å². The Kier molecular flexibility index (Phi) is 4.37. The highest BCUT2D eigenvalue weighted by molar-refractivity contribution is 5.92. The van der Waals surface area contributed by atoms with E-state index in [0.29, 0.717) is 12.4 Å². The normalized spacial score (nSPS) is 15.3. The Morgan fingerprint density at radius 3 is 2.90 bits per heavy atom. The predicted molar refractivity (Wildman–Crippen MR) is 77.4 cm³/mol. The van der Waals surface area contributed by atoms with Gasteiger partial charge in [0, 0.05) is 17.8 Å². The van der Waals surface area contributed by atoms with Gasteiger partial charge in [-0.1, -0.05) is 0 Å². The average molecular weight is 290 g/mol. The van der Waals surface area contributed by atoms with E-state index in [2.05, 4.69) is 10.3 Å². The zero-order valence-corrected chi connectivity index (χ0v) is 12.3. The third-order valence-electron chi connectivity index (χ3n) is 2.55. The molecule has 0 saturated carbocycles.